The van der Waals surface area contributed by atoms with Crippen molar-refractivity contribution in [3.63, 3.8) is 0 Å². The highest BCUT2D eigenvalue weighted by atomic mass is 16.5. The number of hydrogen-bond donors (Lipinski definition) is 1. The third-order valence-electron chi connectivity index (χ3n) is 5.73. The van der Waals surface area contributed by atoms with E-state index in [2.05, 4.69) is 36.9 Å². The summed E-state index contributed by atoms with van der Waals surface area (Å²) in [4.78, 5) is 16.6. The van der Waals surface area contributed by atoms with E-state index >= 15 is 0 Å². The van der Waals surface area contributed by atoms with E-state index in [1.165, 1.54) is 0 Å². The molecule has 1 aromatic heterocycles. The van der Waals surface area contributed by atoms with Crippen LogP contribution in [0.1, 0.15) is 43.3 Å². The van der Waals surface area contributed by atoms with E-state index in [9.17, 15) is 4.79 Å². The molecule has 144 valence electrons. The molecule has 2 saturated heterocycles. The van der Waals surface area contributed by atoms with Crippen LogP contribution in [0.5, 0.6) is 0 Å². The summed E-state index contributed by atoms with van der Waals surface area (Å²) in [6, 6.07) is 0.448. The number of rotatable bonds is 6. The molecule has 0 unspecified atom stereocenters. The van der Waals surface area contributed by atoms with Gasteiger partial charge in [0.15, 0.2) is 0 Å². The van der Waals surface area contributed by atoms with Crippen LogP contribution in [-0.4, -0.2) is 82.5 Å². The van der Waals surface area contributed by atoms with Crippen LogP contribution in [0.4, 0.5) is 0 Å². The Bertz CT molecular complexity index is 615. The molecule has 3 heterocycles. The van der Waals surface area contributed by atoms with Crippen molar-refractivity contribution in [1.29, 1.82) is 0 Å². The minimum absolute atomic E-state index is 0.178. The third kappa shape index (κ3) is 4.42. The molecule has 0 spiro atoms. The quantitative estimate of drug-likeness (QED) is 0.774. The van der Waals surface area contributed by atoms with Gasteiger partial charge in [-0.2, -0.15) is 0 Å². The number of aromatic nitrogens is 3. The molecule has 1 saturated carbocycles. The molecule has 26 heavy (non-hydrogen) atoms. The van der Waals surface area contributed by atoms with Gasteiger partial charge in [-0.25, -0.2) is 0 Å². The van der Waals surface area contributed by atoms with Crippen LogP contribution in [0.3, 0.4) is 0 Å². The van der Waals surface area contributed by atoms with Crippen molar-refractivity contribution in [2.45, 2.75) is 44.2 Å². The summed E-state index contributed by atoms with van der Waals surface area (Å²) in [6.45, 7) is 6.81. The van der Waals surface area contributed by atoms with Gasteiger partial charge in [0.1, 0.15) is 11.6 Å². The topological polar surface area (TPSA) is 75.5 Å². The van der Waals surface area contributed by atoms with Crippen molar-refractivity contribution in [1.82, 2.24) is 29.9 Å². The van der Waals surface area contributed by atoms with Crippen molar-refractivity contribution in [2.75, 3.05) is 45.9 Å². The summed E-state index contributed by atoms with van der Waals surface area (Å²) in [7, 11) is 2.08. The number of carbonyl (C=O) groups is 1. The van der Waals surface area contributed by atoms with E-state index in [0.29, 0.717) is 18.5 Å². The fourth-order valence-corrected chi connectivity index (χ4v) is 3.88. The zero-order valence-corrected chi connectivity index (χ0v) is 15.7. The van der Waals surface area contributed by atoms with Crippen molar-refractivity contribution in [2.24, 2.45) is 7.05 Å². The normalized spacial score (nSPS) is 23.3. The number of ether oxygens (including phenoxy) is 1. The van der Waals surface area contributed by atoms with Crippen LogP contribution in [0.15, 0.2) is 0 Å². The molecule has 2 aliphatic heterocycles. The number of morpholine rings is 1. The van der Waals surface area contributed by atoms with Crippen LogP contribution in [0.2, 0.25) is 0 Å². The first-order valence-corrected chi connectivity index (χ1v) is 9.89. The first kappa shape index (κ1) is 17.9. The SMILES string of the molecule is Cn1c(CN2CCOCC2)nnc1C1CCN(CC(=O)NC2CC2)CC1. The van der Waals surface area contributed by atoms with Crippen molar-refractivity contribution < 1.29 is 9.53 Å². The highest BCUT2D eigenvalue weighted by Gasteiger charge is 2.28. The fraction of sp³-hybridized carbons (Fsp3) is 0.833. The maximum absolute atomic E-state index is 12.0. The molecule has 0 bridgehead atoms. The molecule has 1 N–H and O–H groups in total. The van der Waals surface area contributed by atoms with Gasteiger partial charge in [-0.05, 0) is 38.8 Å². The number of nitrogens with zero attached hydrogens (tertiary/aromatic N) is 5. The van der Waals surface area contributed by atoms with Gasteiger partial charge in [-0.15, -0.1) is 10.2 Å². The molecule has 1 amide bonds. The van der Waals surface area contributed by atoms with Crippen molar-refractivity contribution in [3.05, 3.63) is 11.6 Å². The minimum Gasteiger partial charge on any atom is -0.379 e. The summed E-state index contributed by atoms with van der Waals surface area (Å²) in [5.41, 5.74) is 0. The molecule has 1 aliphatic carbocycles. The van der Waals surface area contributed by atoms with Crippen LogP contribution in [-0.2, 0) is 23.1 Å². The van der Waals surface area contributed by atoms with E-state index in [1.54, 1.807) is 0 Å². The van der Waals surface area contributed by atoms with E-state index in [1.807, 2.05) is 0 Å². The predicted molar refractivity (Wildman–Crippen MR) is 96.7 cm³/mol. The summed E-state index contributed by atoms with van der Waals surface area (Å²) < 4.78 is 7.59. The average molecular weight is 362 g/mol. The number of nitrogens with one attached hydrogen (secondary N) is 1. The second-order valence-electron chi connectivity index (χ2n) is 7.81. The van der Waals surface area contributed by atoms with Gasteiger partial charge >= 0.3 is 0 Å². The Morgan fingerprint density at radius 2 is 1.81 bits per heavy atom. The molecular formula is C18H30N6O2. The largest absolute Gasteiger partial charge is 0.379 e. The summed E-state index contributed by atoms with van der Waals surface area (Å²) in [6.07, 6.45) is 4.37. The molecule has 0 atom stereocenters. The van der Waals surface area contributed by atoms with Crippen LogP contribution in [0.25, 0.3) is 0 Å². The summed E-state index contributed by atoms with van der Waals surface area (Å²) in [5, 5.41) is 12.0. The molecule has 0 radical (unpaired) electrons. The smallest absolute Gasteiger partial charge is 0.234 e. The molecule has 4 rings (SSSR count). The van der Waals surface area contributed by atoms with E-state index in [4.69, 9.17) is 4.74 Å². The molecule has 8 heteroatoms. The third-order valence-corrected chi connectivity index (χ3v) is 5.73. The van der Waals surface area contributed by atoms with E-state index in [-0.39, 0.29) is 5.91 Å². The standard InChI is InChI=1S/C18H30N6O2/c1-22-16(12-24-8-10-26-11-9-24)20-21-18(22)14-4-6-23(7-5-14)13-17(25)19-15-2-3-15/h14-15H,2-13H2,1H3,(H,19,25). The Morgan fingerprint density at radius 3 is 2.50 bits per heavy atom. The molecule has 1 aromatic rings. The highest BCUT2D eigenvalue weighted by molar-refractivity contribution is 5.78. The number of likely N-dealkylation sites (tertiary alicyclic amines) is 1. The highest BCUT2D eigenvalue weighted by Crippen LogP contribution is 2.27. The van der Waals surface area contributed by atoms with Crippen molar-refractivity contribution >= 4 is 5.91 Å². The maximum atomic E-state index is 12.0. The first-order valence-electron chi connectivity index (χ1n) is 9.89. The number of amides is 1. The predicted octanol–water partition coefficient (Wildman–Crippen LogP) is 0.105. The average Bonchev–Trinajstić information content (AvgIpc) is 3.39. The van der Waals surface area contributed by atoms with Crippen LogP contribution < -0.4 is 5.32 Å². The van der Waals surface area contributed by atoms with Crippen molar-refractivity contribution in [3.8, 4) is 0 Å². The van der Waals surface area contributed by atoms with E-state index < -0.39 is 0 Å². The van der Waals surface area contributed by atoms with Gasteiger partial charge < -0.3 is 14.6 Å². The van der Waals surface area contributed by atoms with Crippen LogP contribution >= 0.6 is 0 Å². The molecule has 0 aromatic carbocycles. The summed E-state index contributed by atoms with van der Waals surface area (Å²) >= 11 is 0. The van der Waals surface area contributed by atoms with Gasteiger partial charge in [0, 0.05) is 32.1 Å². The van der Waals surface area contributed by atoms with Gasteiger partial charge in [0.05, 0.1) is 26.3 Å². The lowest BCUT2D eigenvalue weighted by Gasteiger charge is -2.31. The molecule has 8 nitrogen and oxygen atoms in total. The van der Waals surface area contributed by atoms with Gasteiger partial charge in [-0.1, -0.05) is 0 Å². The fourth-order valence-electron chi connectivity index (χ4n) is 3.88. The molecule has 3 fully saturated rings. The van der Waals surface area contributed by atoms with Crippen LogP contribution in [0, 0.1) is 0 Å². The Hall–Kier alpha value is -1.51. The van der Waals surface area contributed by atoms with Gasteiger partial charge in [0.2, 0.25) is 5.91 Å². The minimum atomic E-state index is 0.178. The summed E-state index contributed by atoms with van der Waals surface area (Å²) in [5.74, 6) is 2.74. The zero-order valence-electron chi connectivity index (χ0n) is 15.7. The Kier molecular flexibility index (Phi) is 5.52. The Labute approximate surface area is 154 Å². The second kappa shape index (κ2) is 8.02. The lowest BCUT2D eigenvalue weighted by Crippen LogP contribution is -2.42. The van der Waals surface area contributed by atoms with Gasteiger partial charge in [-0.3, -0.25) is 14.6 Å². The molecular weight excluding hydrogens is 332 g/mol. The lowest BCUT2D eigenvalue weighted by molar-refractivity contribution is -0.122. The number of hydrogen-bond acceptors (Lipinski definition) is 6. The number of piperidine rings is 1. The van der Waals surface area contributed by atoms with Gasteiger partial charge in [0.25, 0.3) is 0 Å². The second-order valence-corrected chi connectivity index (χ2v) is 7.81. The first-order chi connectivity index (χ1) is 12.7. The zero-order chi connectivity index (χ0) is 17.9. The number of carbonyl (C=O) groups excluding carboxylic acids is 1. The van der Waals surface area contributed by atoms with E-state index in [0.717, 1.165) is 83.3 Å². The Morgan fingerprint density at radius 1 is 1.08 bits per heavy atom. The maximum Gasteiger partial charge on any atom is 0.234 e. The monoisotopic (exact) mass is 362 g/mol. The lowest BCUT2D eigenvalue weighted by atomic mass is 9.96. The molecule has 3 aliphatic rings. The Balaban J connectivity index is 1.27.